The van der Waals surface area contributed by atoms with E-state index in [0.717, 1.165) is 97.9 Å². The predicted molar refractivity (Wildman–Crippen MR) is 228 cm³/mol. The van der Waals surface area contributed by atoms with Gasteiger partial charge in [-0.1, -0.05) is 0 Å². The summed E-state index contributed by atoms with van der Waals surface area (Å²) in [4.78, 5) is 0. The third-order valence-corrected chi connectivity index (χ3v) is 24.1. The van der Waals surface area contributed by atoms with Gasteiger partial charge in [-0.15, -0.1) is 0 Å². The second-order valence-electron chi connectivity index (χ2n) is 15.8. The van der Waals surface area contributed by atoms with Crippen LogP contribution >= 0.6 is 0 Å². The molecule has 6 aromatic rings. The first-order chi connectivity index (χ1) is 25.9. The van der Waals surface area contributed by atoms with Crippen molar-refractivity contribution in [3.05, 3.63) is 176 Å². The SMILES string of the molecule is Cc1ccc([Si]([O][Cr](=[O])(=[O])[O][Si](c2ccc(C)cc2C)(c2ccc(C)cc2C)c2ccc(C)cc2C)(c2ccc(C)cc2C)c2ccc(C)cc2C)c(C)c1. The third kappa shape index (κ3) is 7.67. The van der Waals surface area contributed by atoms with E-state index < -0.39 is 30.2 Å². The molecule has 4 nitrogen and oxygen atoms in total. The van der Waals surface area contributed by atoms with Crippen LogP contribution in [0.3, 0.4) is 0 Å². The summed E-state index contributed by atoms with van der Waals surface area (Å²) < 4.78 is 46.2. The molecule has 0 aliphatic rings. The van der Waals surface area contributed by atoms with Crippen molar-refractivity contribution >= 4 is 47.8 Å². The first-order valence-corrected chi connectivity index (χ1v) is 24.9. The van der Waals surface area contributed by atoms with Crippen LogP contribution < -0.4 is 31.1 Å². The van der Waals surface area contributed by atoms with Crippen molar-refractivity contribution in [2.75, 3.05) is 0 Å². The van der Waals surface area contributed by atoms with E-state index in [2.05, 4.69) is 192 Å². The van der Waals surface area contributed by atoms with Gasteiger partial charge in [-0.25, -0.2) is 0 Å². The van der Waals surface area contributed by atoms with Crippen LogP contribution in [-0.4, -0.2) is 16.6 Å². The third-order valence-electron chi connectivity index (χ3n) is 11.0. The standard InChI is InChI=1S/2C24H27OSi.Cr.2O/c2*1-16-7-10-22(19(4)13-16)26(25,23-11-8-17(2)14-20(23)5)24-12-9-18(3)15-21(24)6;;;/h2*7-15H,1-6H3;;;/q2*-1;+2;;. The van der Waals surface area contributed by atoms with Gasteiger partial charge >= 0.3 is 335 Å². The average molecular weight is 803 g/mol. The summed E-state index contributed by atoms with van der Waals surface area (Å²) in [5.74, 6) is 0. The number of rotatable bonds is 10. The number of benzene rings is 6. The summed E-state index contributed by atoms with van der Waals surface area (Å²) in [5.41, 5.74) is 12.5. The Kier molecular flexibility index (Phi) is 11.3. The van der Waals surface area contributed by atoms with Gasteiger partial charge in [-0.05, 0) is 0 Å². The molecule has 6 rings (SSSR count). The molecule has 284 valence electrons. The fraction of sp³-hybridized carbons (Fsp3) is 0.250. The maximum absolute atomic E-state index is 15.9. The van der Waals surface area contributed by atoms with Gasteiger partial charge in [0.1, 0.15) is 0 Å². The Morgan fingerprint density at radius 3 is 0.618 bits per heavy atom. The molecule has 55 heavy (non-hydrogen) atoms. The minimum absolute atomic E-state index is 0.894. The van der Waals surface area contributed by atoms with E-state index in [1.54, 1.807) is 0 Å². The van der Waals surface area contributed by atoms with E-state index in [9.17, 15) is 0 Å². The molecule has 0 amide bonds. The Hall–Kier alpha value is -4.19. The Labute approximate surface area is 333 Å². The summed E-state index contributed by atoms with van der Waals surface area (Å²) in [6, 6.07) is 37.8. The zero-order valence-corrected chi connectivity index (χ0v) is 37.7. The maximum atomic E-state index is 15.9. The van der Waals surface area contributed by atoms with Gasteiger partial charge in [0.05, 0.1) is 0 Å². The Bertz CT molecular complexity index is 2130. The molecule has 0 aliphatic heterocycles. The van der Waals surface area contributed by atoms with E-state index >= 15 is 7.61 Å². The van der Waals surface area contributed by atoms with Gasteiger partial charge in [0.25, 0.3) is 0 Å². The van der Waals surface area contributed by atoms with Crippen molar-refractivity contribution in [1.82, 2.24) is 0 Å². The molecule has 0 atom stereocenters. The van der Waals surface area contributed by atoms with E-state index in [1.807, 2.05) is 0 Å². The Morgan fingerprint density at radius 2 is 0.473 bits per heavy atom. The van der Waals surface area contributed by atoms with Crippen LogP contribution in [0.15, 0.2) is 109 Å². The average Bonchev–Trinajstić information content (AvgIpc) is 3.07. The number of aryl methyl sites for hydroxylation is 12. The summed E-state index contributed by atoms with van der Waals surface area (Å²) in [6.45, 7) is 24.8. The molecule has 0 aliphatic carbocycles. The molecule has 6 aromatic carbocycles. The van der Waals surface area contributed by atoms with Crippen LogP contribution in [0.25, 0.3) is 0 Å². The van der Waals surface area contributed by atoms with Gasteiger partial charge in [0.2, 0.25) is 0 Å². The molecular weight excluding hydrogens is 749 g/mol. The summed E-state index contributed by atoms with van der Waals surface area (Å²) in [5, 5.41) is 5.36. The number of hydrogen-bond donors (Lipinski definition) is 0. The van der Waals surface area contributed by atoms with Crippen molar-refractivity contribution in [2.45, 2.75) is 83.1 Å². The molecule has 0 unspecified atom stereocenters. The van der Waals surface area contributed by atoms with Gasteiger partial charge in [-0.3, -0.25) is 0 Å². The van der Waals surface area contributed by atoms with E-state index in [0.29, 0.717) is 0 Å². The van der Waals surface area contributed by atoms with Crippen LogP contribution in [0.1, 0.15) is 66.8 Å². The van der Waals surface area contributed by atoms with E-state index in [-0.39, 0.29) is 0 Å². The summed E-state index contributed by atoms with van der Waals surface area (Å²) in [7, 11) is -7.78. The van der Waals surface area contributed by atoms with Crippen molar-refractivity contribution in [3.8, 4) is 0 Å². The van der Waals surface area contributed by atoms with Gasteiger partial charge in [-0.2, -0.15) is 0 Å². The molecule has 0 heterocycles. The van der Waals surface area contributed by atoms with Crippen LogP contribution in [0.2, 0.25) is 0 Å². The van der Waals surface area contributed by atoms with Crippen LogP contribution in [0, 0.1) is 83.1 Å². The van der Waals surface area contributed by atoms with Gasteiger partial charge < -0.3 is 0 Å². The first-order valence-electron chi connectivity index (χ1n) is 19.0. The minimum atomic E-state index is -5.93. The van der Waals surface area contributed by atoms with Crippen molar-refractivity contribution in [3.63, 3.8) is 0 Å². The molecule has 0 spiro atoms. The predicted octanol–water partition coefficient (Wildman–Crippen LogP) is 7.73. The fourth-order valence-electron chi connectivity index (χ4n) is 8.71. The van der Waals surface area contributed by atoms with Crippen molar-refractivity contribution in [1.29, 1.82) is 0 Å². The van der Waals surface area contributed by atoms with E-state index in [4.69, 9.17) is 6.96 Å². The van der Waals surface area contributed by atoms with Crippen LogP contribution in [-0.2, 0) is 28.2 Å². The molecule has 0 saturated carbocycles. The zero-order chi connectivity index (χ0) is 40.0. The monoisotopic (exact) mass is 802 g/mol. The topological polar surface area (TPSA) is 52.6 Å². The molecule has 0 bridgehead atoms. The first kappa shape index (κ1) is 40.5. The second-order valence-corrected chi connectivity index (χ2v) is 25.0. The summed E-state index contributed by atoms with van der Waals surface area (Å²) >= 11 is -5.93. The molecule has 0 radical (unpaired) electrons. The second kappa shape index (κ2) is 15.4. The van der Waals surface area contributed by atoms with Crippen LogP contribution in [0.4, 0.5) is 0 Å². The normalized spacial score (nSPS) is 12.3. The Balaban J connectivity index is 1.75. The quantitative estimate of drug-likeness (QED) is 0.105. The number of hydrogen-bond acceptors (Lipinski definition) is 4. The molecule has 0 saturated heterocycles. The molecule has 0 aromatic heterocycles. The molecule has 0 fully saturated rings. The zero-order valence-electron chi connectivity index (χ0n) is 34.4. The van der Waals surface area contributed by atoms with Gasteiger partial charge in [0, 0.05) is 0 Å². The molecular formula is C48H54CrO4Si2. The molecule has 0 N–H and O–H groups in total. The molecule has 7 heteroatoms. The van der Waals surface area contributed by atoms with E-state index in [1.165, 1.54) is 0 Å². The van der Waals surface area contributed by atoms with Crippen LogP contribution in [0.5, 0.6) is 0 Å². The van der Waals surface area contributed by atoms with Crippen molar-refractivity contribution in [2.24, 2.45) is 0 Å². The summed E-state index contributed by atoms with van der Waals surface area (Å²) in [6.07, 6.45) is 0. The van der Waals surface area contributed by atoms with Crippen molar-refractivity contribution < 1.29 is 28.2 Å². The Morgan fingerprint density at radius 1 is 0.309 bits per heavy atom. The van der Waals surface area contributed by atoms with Gasteiger partial charge in [0.15, 0.2) is 0 Å². The fourth-order valence-corrected chi connectivity index (χ4v) is 23.3.